The van der Waals surface area contributed by atoms with Crippen LogP contribution in [-0.4, -0.2) is 80.6 Å². The fourth-order valence-electron chi connectivity index (χ4n) is 5.66. The molecule has 0 aromatic heterocycles. The molecular weight excluding hydrogens is 715 g/mol. The van der Waals surface area contributed by atoms with Gasteiger partial charge in [0.1, 0.15) is 6.61 Å². The van der Waals surface area contributed by atoms with Crippen LogP contribution in [0.25, 0.3) is 0 Å². The average Bonchev–Trinajstić information content (AvgIpc) is 3.17. The Hall–Kier alpha value is -3.75. The van der Waals surface area contributed by atoms with Crippen LogP contribution >= 0.6 is 0 Å². The average molecular weight is 795 g/mol. The normalized spacial score (nSPS) is 13.9. The van der Waals surface area contributed by atoms with Crippen molar-refractivity contribution in [2.75, 3.05) is 41.0 Å². The number of likely N-dealkylation sites (N-methyl/N-ethyl adjacent to an activating group) is 1. The van der Waals surface area contributed by atoms with Crippen molar-refractivity contribution in [1.82, 2.24) is 0 Å². The predicted molar refractivity (Wildman–Crippen MR) is 238 cm³/mol. The molecule has 57 heavy (non-hydrogen) atoms. The van der Waals surface area contributed by atoms with Gasteiger partial charge in [0.05, 0.1) is 34.4 Å². The molecule has 0 fully saturated rings. The van der Waals surface area contributed by atoms with Crippen LogP contribution in [0.1, 0.15) is 142 Å². The van der Waals surface area contributed by atoms with E-state index in [4.69, 9.17) is 14.2 Å². The van der Waals surface area contributed by atoms with Crippen molar-refractivity contribution in [1.29, 1.82) is 0 Å². The maximum absolute atomic E-state index is 12.7. The molecule has 1 N–H and O–H groups in total. The first-order valence-corrected chi connectivity index (χ1v) is 21.8. The van der Waals surface area contributed by atoms with Crippen molar-refractivity contribution in [3.63, 3.8) is 0 Å². The quantitative estimate of drug-likeness (QED) is 0.0289. The van der Waals surface area contributed by atoms with E-state index in [1.54, 1.807) is 0 Å². The Balaban J connectivity index is 4.46. The zero-order chi connectivity index (χ0) is 42.1. The highest BCUT2D eigenvalue weighted by molar-refractivity contribution is 5.72. The number of nitrogens with zero attached hydrogens (tertiary/aromatic N) is 1. The number of carbonyl (C=O) groups excluding carboxylic acids is 2. The minimum Gasteiger partial charge on any atom is -0.477 e. The van der Waals surface area contributed by atoms with Crippen LogP contribution in [0.4, 0.5) is 0 Å². The molecular formula is C49H80NO7+. The number of carboxylic acids is 1. The number of hydrogen-bond acceptors (Lipinski definition) is 6. The van der Waals surface area contributed by atoms with E-state index in [1.807, 2.05) is 21.1 Å². The maximum atomic E-state index is 12.7. The first kappa shape index (κ1) is 53.2. The van der Waals surface area contributed by atoms with Gasteiger partial charge in [0.15, 0.2) is 12.1 Å². The van der Waals surface area contributed by atoms with E-state index in [2.05, 4.69) is 111 Å². The summed E-state index contributed by atoms with van der Waals surface area (Å²) >= 11 is 0. The molecule has 0 amide bonds. The van der Waals surface area contributed by atoms with Crippen LogP contribution in [0.15, 0.2) is 97.2 Å². The van der Waals surface area contributed by atoms with E-state index >= 15 is 0 Å². The summed E-state index contributed by atoms with van der Waals surface area (Å²) in [5, 5.41) is 9.61. The van der Waals surface area contributed by atoms with Gasteiger partial charge >= 0.3 is 17.9 Å². The van der Waals surface area contributed by atoms with Crippen molar-refractivity contribution in [3.8, 4) is 0 Å². The van der Waals surface area contributed by atoms with Gasteiger partial charge in [0.2, 0.25) is 0 Å². The number of ether oxygens (including phenoxy) is 3. The molecule has 0 heterocycles. The molecule has 2 atom stereocenters. The van der Waals surface area contributed by atoms with Crippen LogP contribution < -0.4 is 0 Å². The predicted octanol–water partition coefficient (Wildman–Crippen LogP) is 11.9. The summed E-state index contributed by atoms with van der Waals surface area (Å²) in [6, 6.07) is -0.630. The molecule has 8 nitrogen and oxygen atoms in total. The second kappa shape index (κ2) is 39.1. The largest absolute Gasteiger partial charge is 0.477 e. The van der Waals surface area contributed by atoms with Crippen molar-refractivity contribution in [2.45, 2.75) is 154 Å². The van der Waals surface area contributed by atoms with Gasteiger partial charge < -0.3 is 23.8 Å². The summed E-state index contributed by atoms with van der Waals surface area (Å²) in [4.78, 5) is 36.9. The summed E-state index contributed by atoms with van der Waals surface area (Å²) in [7, 11) is 5.49. The number of aliphatic carboxylic acids is 1. The van der Waals surface area contributed by atoms with Crippen molar-refractivity contribution >= 4 is 17.9 Å². The first-order chi connectivity index (χ1) is 27.6. The molecule has 0 rings (SSSR count). The second-order valence-electron chi connectivity index (χ2n) is 15.2. The van der Waals surface area contributed by atoms with Gasteiger partial charge in [0.25, 0.3) is 0 Å². The Morgan fingerprint density at radius 3 is 1.40 bits per heavy atom. The SMILES string of the molecule is CC/C=C/C/C=C/C/C=C/C/C=C/C/C=C/C/C=C/CCCCC(=O)OC(COCCC(C(=O)O)[N+](C)(C)C)COC(=O)CCCCCCC/C=C/C/C=C/CC. The number of allylic oxidation sites excluding steroid dienone is 16. The smallest absolute Gasteiger partial charge is 0.362 e. The fourth-order valence-corrected chi connectivity index (χ4v) is 5.66. The Morgan fingerprint density at radius 2 is 0.930 bits per heavy atom. The van der Waals surface area contributed by atoms with E-state index in [-0.39, 0.29) is 42.7 Å². The van der Waals surface area contributed by atoms with Crippen LogP contribution in [0.2, 0.25) is 0 Å². The third-order valence-corrected chi connectivity index (χ3v) is 8.98. The lowest BCUT2D eigenvalue weighted by molar-refractivity contribution is -0.887. The van der Waals surface area contributed by atoms with Gasteiger partial charge in [-0.2, -0.15) is 0 Å². The van der Waals surface area contributed by atoms with E-state index in [0.717, 1.165) is 103 Å². The Morgan fingerprint density at radius 1 is 0.526 bits per heavy atom. The monoisotopic (exact) mass is 795 g/mol. The number of quaternary nitrogens is 1. The number of rotatable bonds is 37. The van der Waals surface area contributed by atoms with Gasteiger partial charge in [-0.1, -0.05) is 130 Å². The Kier molecular flexibility index (Phi) is 36.5. The van der Waals surface area contributed by atoms with Gasteiger partial charge in [-0.05, 0) is 89.9 Å². The molecule has 0 aromatic carbocycles. The first-order valence-electron chi connectivity index (χ1n) is 21.8. The lowest BCUT2D eigenvalue weighted by Gasteiger charge is -2.31. The summed E-state index contributed by atoms with van der Waals surface area (Å²) in [6.07, 6.45) is 51.7. The Bertz CT molecular complexity index is 1250. The highest BCUT2D eigenvalue weighted by Crippen LogP contribution is 2.12. The standard InChI is InChI=1S/C49H79NO7/c1-6-8-10-12-14-16-18-20-21-22-23-24-25-26-27-28-30-32-34-36-38-40-48(52)57-45(43-55-42-41-46(49(53)54)50(3,4)5)44-56-47(51)39-37-35-33-31-29-19-17-15-13-11-9-7-2/h8-11,14-17,20-21,23-24,26-27,30,32,45-46H,6-7,12-13,18-19,22,25,28-29,31,33-44H2,1-5H3/p+1/b10-8+,11-9+,16-14+,17-15+,21-20+,24-23+,27-26+,32-30+. The van der Waals surface area contributed by atoms with E-state index in [1.165, 1.54) is 0 Å². The highest BCUT2D eigenvalue weighted by atomic mass is 16.6. The zero-order valence-corrected chi connectivity index (χ0v) is 36.5. The minimum atomic E-state index is -0.890. The lowest BCUT2D eigenvalue weighted by Crippen LogP contribution is -2.50. The maximum Gasteiger partial charge on any atom is 0.362 e. The Labute approximate surface area is 347 Å². The van der Waals surface area contributed by atoms with Gasteiger partial charge in [0, 0.05) is 19.3 Å². The second-order valence-corrected chi connectivity index (χ2v) is 15.2. The molecule has 0 aliphatic rings. The van der Waals surface area contributed by atoms with Crippen LogP contribution in [0.3, 0.4) is 0 Å². The van der Waals surface area contributed by atoms with Crippen molar-refractivity contribution < 1.29 is 38.2 Å². The van der Waals surface area contributed by atoms with Crippen molar-refractivity contribution in [2.24, 2.45) is 0 Å². The van der Waals surface area contributed by atoms with E-state index in [9.17, 15) is 19.5 Å². The topological polar surface area (TPSA) is 99.1 Å². The molecule has 0 aliphatic heterocycles. The molecule has 0 bridgehead atoms. The van der Waals surface area contributed by atoms with E-state index in [0.29, 0.717) is 19.3 Å². The minimum absolute atomic E-state index is 0.0321. The summed E-state index contributed by atoms with van der Waals surface area (Å²) in [5.74, 6) is -1.56. The molecule has 0 spiro atoms. The molecule has 0 saturated carbocycles. The van der Waals surface area contributed by atoms with Gasteiger partial charge in [-0.15, -0.1) is 0 Å². The summed E-state index contributed by atoms with van der Waals surface area (Å²) in [5.41, 5.74) is 0. The molecule has 0 aromatic rings. The number of unbranched alkanes of at least 4 members (excludes halogenated alkanes) is 7. The highest BCUT2D eigenvalue weighted by Gasteiger charge is 2.31. The number of carboxylic acid groups (broad SMARTS) is 1. The zero-order valence-electron chi connectivity index (χ0n) is 36.5. The molecule has 8 heteroatoms. The van der Waals surface area contributed by atoms with Gasteiger partial charge in [-0.25, -0.2) is 4.79 Å². The fraction of sp³-hybridized carbons (Fsp3) is 0.612. The molecule has 322 valence electrons. The third kappa shape index (κ3) is 37.6. The van der Waals surface area contributed by atoms with Crippen molar-refractivity contribution in [3.05, 3.63) is 97.2 Å². The van der Waals surface area contributed by atoms with Crippen LogP contribution in [0.5, 0.6) is 0 Å². The summed E-state index contributed by atoms with van der Waals surface area (Å²) < 4.78 is 17.2. The number of carbonyl (C=O) groups is 3. The number of hydrogen-bond donors (Lipinski definition) is 1. The lowest BCUT2D eigenvalue weighted by atomic mass is 10.1. The molecule has 2 unspecified atom stereocenters. The van der Waals surface area contributed by atoms with E-state index < -0.39 is 18.1 Å². The number of esters is 2. The molecule has 0 aliphatic carbocycles. The third-order valence-electron chi connectivity index (χ3n) is 8.98. The molecule has 0 radical (unpaired) electrons. The summed E-state index contributed by atoms with van der Waals surface area (Å²) in [6.45, 7) is 4.42. The van der Waals surface area contributed by atoms with Crippen LogP contribution in [0, 0.1) is 0 Å². The molecule has 0 saturated heterocycles. The van der Waals surface area contributed by atoms with Gasteiger partial charge in [-0.3, -0.25) is 9.59 Å². The van der Waals surface area contributed by atoms with Crippen LogP contribution in [-0.2, 0) is 28.6 Å².